The second kappa shape index (κ2) is 5.96. The zero-order chi connectivity index (χ0) is 12.8. The monoisotopic (exact) mass is 265 g/mol. The van der Waals surface area contributed by atoms with Crippen LogP contribution in [0.3, 0.4) is 0 Å². The first-order valence-electron chi connectivity index (χ1n) is 5.32. The molecule has 8 nitrogen and oxygen atoms in total. The third-order valence-corrected chi connectivity index (χ3v) is 2.45. The van der Waals surface area contributed by atoms with Crippen molar-refractivity contribution < 1.29 is 4.79 Å². The molecule has 2 aromatic rings. The lowest BCUT2D eigenvalue weighted by Gasteiger charge is -2.04. The van der Waals surface area contributed by atoms with Gasteiger partial charge in [0.05, 0.1) is 12.4 Å². The number of rotatable bonds is 5. The average Bonchev–Trinajstić information content (AvgIpc) is 2.89. The summed E-state index contributed by atoms with van der Waals surface area (Å²) in [7, 11) is 0. The molecule has 0 unspecified atom stereocenters. The van der Waals surface area contributed by atoms with Crippen molar-refractivity contribution in [2.24, 2.45) is 0 Å². The summed E-state index contributed by atoms with van der Waals surface area (Å²) in [4.78, 5) is 19.9. The maximum atomic E-state index is 11.8. The number of amides is 1. The van der Waals surface area contributed by atoms with Gasteiger partial charge in [0.25, 0.3) is 5.91 Å². The van der Waals surface area contributed by atoms with Crippen LogP contribution in [0.25, 0.3) is 0 Å². The van der Waals surface area contributed by atoms with Crippen LogP contribution in [0.2, 0.25) is 0 Å². The molecule has 9 heteroatoms. The minimum atomic E-state index is -0.388. The molecule has 2 heterocycles. The highest BCUT2D eigenvalue weighted by molar-refractivity contribution is 7.09. The van der Waals surface area contributed by atoms with Gasteiger partial charge in [0, 0.05) is 18.1 Å². The molecule has 0 fully saturated rings. The maximum Gasteiger partial charge on any atom is 0.277 e. The van der Waals surface area contributed by atoms with Crippen molar-refractivity contribution >= 4 is 28.4 Å². The van der Waals surface area contributed by atoms with Crippen molar-refractivity contribution in [3.05, 3.63) is 18.1 Å². The van der Waals surface area contributed by atoms with Crippen molar-refractivity contribution in [3.8, 4) is 0 Å². The summed E-state index contributed by atoms with van der Waals surface area (Å²) in [5, 5.41) is 12.9. The van der Waals surface area contributed by atoms with Crippen LogP contribution in [0.1, 0.15) is 23.8 Å². The van der Waals surface area contributed by atoms with Crippen molar-refractivity contribution in [2.45, 2.75) is 13.3 Å². The molecule has 18 heavy (non-hydrogen) atoms. The fraction of sp³-hybridized carbons (Fsp3) is 0.333. The van der Waals surface area contributed by atoms with E-state index in [1.807, 2.05) is 6.92 Å². The summed E-state index contributed by atoms with van der Waals surface area (Å²) in [5.74, 6) is 0.182. The van der Waals surface area contributed by atoms with Crippen molar-refractivity contribution in [2.75, 3.05) is 17.2 Å². The molecule has 0 radical (unpaired) electrons. The number of hydrogen-bond donors (Lipinski definition) is 2. The lowest BCUT2D eigenvalue weighted by Crippen LogP contribution is -2.15. The summed E-state index contributed by atoms with van der Waals surface area (Å²) < 4.78 is 3.54. The molecule has 2 N–H and O–H groups in total. The first-order chi connectivity index (χ1) is 8.79. The number of anilines is 2. The number of carbonyl (C=O) groups is 1. The summed E-state index contributed by atoms with van der Waals surface area (Å²) >= 11 is 0.996. The topological polar surface area (TPSA) is 106 Å². The standard InChI is InChI=1S/C9H11N7OS/c1-2-3-11-7-5-10-4-6(12-7)8(17)13-9-14-15-16-18-9/h4-5H,2-3H2,1H3,(H,11,12)(H,13,14,16,17). The fourth-order valence-corrected chi connectivity index (χ4v) is 1.52. The van der Waals surface area contributed by atoms with Crippen LogP contribution in [0.4, 0.5) is 10.9 Å². The second-order valence-corrected chi connectivity index (χ2v) is 4.07. The normalized spacial score (nSPS) is 10.1. The highest BCUT2D eigenvalue weighted by atomic mass is 32.1. The van der Waals surface area contributed by atoms with E-state index < -0.39 is 0 Å². The van der Waals surface area contributed by atoms with Crippen molar-refractivity contribution in [1.82, 2.24) is 24.8 Å². The summed E-state index contributed by atoms with van der Waals surface area (Å²) in [6, 6.07) is 0. The molecule has 0 aliphatic heterocycles. The molecule has 0 aliphatic carbocycles. The Labute approximate surface area is 107 Å². The van der Waals surface area contributed by atoms with Crippen molar-refractivity contribution in [3.63, 3.8) is 0 Å². The molecule has 1 amide bonds. The minimum Gasteiger partial charge on any atom is -0.369 e. The van der Waals surface area contributed by atoms with Gasteiger partial charge in [-0.1, -0.05) is 16.5 Å². The Morgan fingerprint density at radius 3 is 3.06 bits per heavy atom. The summed E-state index contributed by atoms with van der Waals surface area (Å²) in [6.45, 7) is 2.82. The molecule has 94 valence electrons. The molecule has 0 saturated carbocycles. The quantitative estimate of drug-likeness (QED) is 0.823. The molecule has 0 aliphatic rings. The van der Waals surface area contributed by atoms with Gasteiger partial charge in [-0.25, -0.2) is 4.98 Å². The summed E-state index contributed by atoms with van der Waals surface area (Å²) in [6.07, 6.45) is 3.93. The zero-order valence-electron chi connectivity index (χ0n) is 9.62. The second-order valence-electron chi connectivity index (χ2n) is 3.34. The van der Waals surface area contributed by atoms with Gasteiger partial charge >= 0.3 is 0 Å². The van der Waals surface area contributed by atoms with E-state index in [2.05, 4.69) is 35.4 Å². The van der Waals surface area contributed by atoms with E-state index in [4.69, 9.17) is 0 Å². The average molecular weight is 265 g/mol. The predicted molar refractivity (Wildman–Crippen MR) is 66.5 cm³/mol. The first kappa shape index (κ1) is 12.3. The van der Waals surface area contributed by atoms with E-state index in [0.717, 1.165) is 24.5 Å². The van der Waals surface area contributed by atoms with Crippen LogP contribution in [-0.2, 0) is 0 Å². The van der Waals surface area contributed by atoms with Crippen LogP contribution >= 0.6 is 11.5 Å². The first-order valence-corrected chi connectivity index (χ1v) is 6.09. The minimum absolute atomic E-state index is 0.214. The van der Waals surface area contributed by atoms with E-state index in [1.165, 1.54) is 6.20 Å². The van der Waals surface area contributed by atoms with E-state index >= 15 is 0 Å². The van der Waals surface area contributed by atoms with Gasteiger partial charge in [-0.15, -0.1) is 0 Å². The van der Waals surface area contributed by atoms with E-state index in [1.54, 1.807) is 6.20 Å². The largest absolute Gasteiger partial charge is 0.369 e. The zero-order valence-corrected chi connectivity index (χ0v) is 10.4. The Morgan fingerprint density at radius 2 is 2.33 bits per heavy atom. The third kappa shape index (κ3) is 3.17. The number of carbonyl (C=O) groups excluding carboxylic acids is 1. The van der Waals surface area contributed by atoms with Crippen LogP contribution in [-0.4, -0.2) is 37.2 Å². The predicted octanol–water partition coefficient (Wildman–Crippen LogP) is 0.797. The number of nitrogens with zero attached hydrogens (tertiary/aromatic N) is 5. The lowest BCUT2D eigenvalue weighted by molar-refractivity contribution is 0.102. The Morgan fingerprint density at radius 1 is 1.44 bits per heavy atom. The van der Waals surface area contributed by atoms with Gasteiger partial charge in [0.2, 0.25) is 5.13 Å². The smallest absolute Gasteiger partial charge is 0.277 e. The van der Waals surface area contributed by atoms with Gasteiger partial charge in [-0.3, -0.25) is 15.1 Å². The Bertz CT molecular complexity index is 515. The Hall–Kier alpha value is -2.16. The van der Waals surface area contributed by atoms with E-state index in [9.17, 15) is 4.79 Å². The number of hydrogen-bond acceptors (Lipinski definition) is 8. The molecule has 0 bridgehead atoms. The highest BCUT2D eigenvalue weighted by Crippen LogP contribution is 2.08. The Kier molecular flexibility index (Phi) is 4.07. The van der Waals surface area contributed by atoms with E-state index in [-0.39, 0.29) is 11.6 Å². The van der Waals surface area contributed by atoms with Gasteiger partial charge < -0.3 is 5.32 Å². The fourth-order valence-electron chi connectivity index (χ4n) is 1.16. The SMILES string of the molecule is CCCNc1cncc(C(=O)Nc2nnns2)n1. The van der Waals surface area contributed by atoms with Gasteiger partial charge in [-0.2, -0.15) is 0 Å². The van der Waals surface area contributed by atoms with Crippen LogP contribution < -0.4 is 10.6 Å². The van der Waals surface area contributed by atoms with Crippen LogP contribution in [0, 0.1) is 0 Å². The van der Waals surface area contributed by atoms with Gasteiger partial charge in [-0.05, 0) is 11.6 Å². The molecule has 0 spiro atoms. The molecular formula is C9H11N7OS. The van der Waals surface area contributed by atoms with Crippen molar-refractivity contribution in [1.29, 1.82) is 0 Å². The third-order valence-electron chi connectivity index (χ3n) is 1.94. The maximum absolute atomic E-state index is 11.8. The molecule has 0 saturated heterocycles. The van der Waals surface area contributed by atoms with Crippen LogP contribution in [0.5, 0.6) is 0 Å². The van der Waals surface area contributed by atoms with Gasteiger partial charge in [0.1, 0.15) is 11.5 Å². The van der Waals surface area contributed by atoms with Gasteiger partial charge in [0.15, 0.2) is 0 Å². The molecule has 0 aromatic carbocycles. The number of nitrogens with one attached hydrogen (secondary N) is 2. The Balaban J connectivity index is 2.05. The summed E-state index contributed by atoms with van der Waals surface area (Å²) in [5.41, 5.74) is 0.214. The van der Waals surface area contributed by atoms with Crippen LogP contribution in [0.15, 0.2) is 12.4 Å². The van der Waals surface area contributed by atoms with E-state index in [0.29, 0.717) is 10.9 Å². The molecule has 2 aromatic heterocycles. The molecular weight excluding hydrogens is 254 g/mol. The lowest BCUT2D eigenvalue weighted by atomic mass is 10.4. The highest BCUT2D eigenvalue weighted by Gasteiger charge is 2.11. The molecule has 0 atom stereocenters. The molecule has 2 rings (SSSR count). The number of aromatic nitrogens is 5.